The predicted octanol–water partition coefficient (Wildman–Crippen LogP) is 4.82. The minimum Gasteiger partial charge on any atom is -0.316 e. The molecule has 3 rings (SSSR count). The number of aryl methyl sites for hydroxylation is 1. The van der Waals surface area contributed by atoms with Crippen molar-refractivity contribution in [1.82, 2.24) is 9.97 Å². The van der Waals surface area contributed by atoms with Gasteiger partial charge in [0.1, 0.15) is 6.04 Å². The van der Waals surface area contributed by atoms with Crippen LogP contribution in [0.4, 0.5) is 13.2 Å². The van der Waals surface area contributed by atoms with Gasteiger partial charge in [-0.05, 0) is 31.2 Å². The number of fused-ring (bicyclic) bond motifs is 1. The predicted molar refractivity (Wildman–Crippen MR) is 87.7 cm³/mol. The molecule has 0 bridgehead atoms. The largest absolute Gasteiger partial charge is 0.407 e. The monoisotopic (exact) mass is 351 g/mol. The zero-order chi connectivity index (χ0) is 17.5. The molecule has 124 valence electrons. The summed E-state index contributed by atoms with van der Waals surface area (Å²) in [5.74, 6) is 0. The van der Waals surface area contributed by atoms with Gasteiger partial charge in [-0.15, -0.1) is 0 Å². The number of hydrogen-bond donors (Lipinski definition) is 1. The first kappa shape index (κ1) is 16.7. The van der Waals surface area contributed by atoms with Crippen molar-refractivity contribution in [2.24, 2.45) is 5.73 Å². The number of benzene rings is 1. The van der Waals surface area contributed by atoms with Crippen molar-refractivity contribution < 1.29 is 13.2 Å². The van der Waals surface area contributed by atoms with E-state index < -0.39 is 12.2 Å². The number of aromatic nitrogens is 2. The van der Waals surface area contributed by atoms with Crippen molar-refractivity contribution in [3.8, 4) is 11.3 Å². The Morgan fingerprint density at radius 3 is 2.54 bits per heavy atom. The minimum atomic E-state index is -4.58. The van der Waals surface area contributed by atoms with Crippen LogP contribution in [-0.4, -0.2) is 16.1 Å². The highest BCUT2D eigenvalue weighted by molar-refractivity contribution is 6.35. The van der Waals surface area contributed by atoms with E-state index in [9.17, 15) is 13.2 Å². The minimum absolute atomic E-state index is 0.108. The second-order valence-electron chi connectivity index (χ2n) is 5.45. The van der Waals surface area contributed by atoms with Gasteiger partial charge in [-0.3, -0.25) is 4.98 Å². The van der Waals surface area contributed by atoms with E-state index in [1.165, 1.54) is 12.3 Å². The number of pyridine rings is 2. The summed E-state index contributed by atoms with van der Waals surface area (Å²) in [6.45, 7) is 1.79. The van der Waals surface area contributed by atoms with Crippen LogP contribution in [0.3, 0.4) is 0 Å². The van der Waals surface area contributed by atoms with E-state index in [4.69, 9.17) is 17.3 Å². The van der Waals surface area contributed by atoms with E-state index in [1.807, 2.05) is 0 Å². The number of alkyl halides is 3. The fourth-order valence-corrected chi connectivity index (χ4v) is 2.66. The first-order chi connectivity index (χ1) is 11.3. The topological polar surface area (TPSA) is 51.8 Å². The van der Waals surface area contributed by atoms with Crippen molar-refractivity contribution in [1.29, 1.82) is 0 Å². The first-order valence-electron chi connectivity index (χ1n) is 7.12. The van der Waals surface area contributed by atoms with Crippen LogP contribution in [-0.2, 0) is 0 Å². The van der Waals surface area contributed by atoms with E-state index in [0.29, 0.717) is 21.5 Å². The Bertz CT molecular complexity index is 892. The van der Waals surface area contributed by atoms with E-state index in [-0.39, 0.29) is 11.3 Å². The smallest absolute Gasteiger partial charge is 0.316 e. The second-order valence-corrected chi connectivity index (χ2v) is 5.85. The van der Waals surface area contributed by atoms with Gasteiger partial charge in [0, 0.05) is 28.4 Å². The molecule has 3 nitrogen and oxygen atoms in total. The maximum Gasteiger partial charge on any atom is 0.407 e. The fraction of sp³-hybridized carbons (Fsp3) is 0.176. The Hall–Kier alpha value is -2.18. The Kier molecular flexibility index (Phi) is 4.19. The van der Waals surface area contributed by atoms with Gasteiger partial charge >= 0.3 is 6.18 Å². The lowest BCUT2D eigenvalue weighted by atomic mass is 9.98. The average Bonchev–Trinajstić information content (AvgIpc) is 2.53. The molecule has 2 aromatic heterocycles. The lowest BCUT2D eigenvalue weighted by molar-refractivity contribution is -0.149. The normalized spacial score (nSPS) is 13.2. The Labute approximate surface area is 141 Å². The van der Waals surface area contributed by atoms with E-state index >= 15 is 0 Å². The van der Waals surface area contributed by atoms with Crippen molar-refractivity contribution >= 4 is 22.5 Å². The van der Waals surface area contributed by atoms with Crippen LogP contribution >= 0.6 is 11.6 Å². The Balaban J connectivity index is 2.31. The molecule has 0 aliphatic carbocycles. The van der Waals surface area contributed by atoms with Crippen LogP contribution in [0.5, 0.6) is 0 Å². The number of nitrogens with zero attached hydrogens (tertiary/aromatic N) is 2. The van der Waals surface area contributed by atoms with Gasteiger partial charge in [-0.1, -0.05) is 23.7 Å². The lowest BCUT2D eigenvalue weighted by Crippen LogP contribution is -2.29. The lowest BCUT2D eigenvalue weighted by Gasteiger charge is -2.20. The number of halogens is 4. The summed E-state index contributed by atoms with van der Waals surface area (Å²) in [5.41, 5.74) is 7.10. The summed E-state index contributed by atoms with van der Waals surface area (Å²) < 4.78 is 39.5. The van der Waals surface area contributed by atoms with Crippen molar-refractivity contribution in [2.45, 2.75) is 19.1 Å². The SMILES string of the molecule is Cc1ccc(-c2nc3c(Cl)cccc3cc2[C@@H](N)C(F)(F)F)cn1. The van der Waals surface area contributed by atoms with Crippen molar-refractivity contribution in [3.05, 3.63) is 58.9 Å². The molecule has 0 saturated carbocycles. The van der Waals surface area contributed by atoms with Gasteiger partial charge in [0.15, 0.2) is 0 Å². The van der Waals surface area contributed by atoms with Gasteiger partial charge < -0.3 is 5.73 Å². The molecule has 0 radical (unpaired) electrons. The summed E-state index contributed by atoms with van der Waals surface area (Å²) in [6, 6.07) is 7.56. The third kappa shape index (κ3) is 3.07. The molecule has 0 amide bonds. The van der Waals surface area contributed by atoms with Crippen LogP contribution in [0.15, 0.2) is 42.6 Å². The molecular weight excluding hydrogens is 339 g/mol. The zero-order valence-corrected chi connectivity index (χ0v) is 13.4. The fourth-order valence-electron chi connectivity index (χ4n) is 2.43. The van der Waals surface area contributed by atoms with Crippen LogP contribution in [0.1, 0.15) is 17.3 Å². The molecular formula is C17H13ClF3N3. The second kappa shape index (κ2) is 6.03. The van der Waals surface area contributed by atoms with E-state index in [0.717, 1.165) is 5.69 Å². The highest BCUT2D eigenvalue weighted by atomic mass is 35.5. The molecule has 0 unspecified atom stereocenters. The summed E-state index contributed by atoms with van der Waals surface area (Å²) in [6.07, 6.45) is -3.10. The standard InChI is InChI=1S/C17H13ClF3N3/c1-9-5-6-11(8-23-9)14-12(16(22)17(19,20)21)7-10-3-2-4-13(18)15(10)24-14/h2-8,16H,22H2,1H3/t16-/m1/s1. The average molecular weight is 352 g/mol. The molecule has 24 heavy (non-hydrogen) atoms. The van der Waals surface area contributed by atoms with Crippen molar-refractivity contribution in [3.63, 3.8) is 0 Å². The zero-order valence-electron chi connectivity index (χ0n) is 12.6. The molecule has 0 saturated heterocycles. The summed E-state index contributed by atoms with van der Waals surface area (Å²) in [5, 5.41) is 0.863. The molecule has 1 atom stereocenters. The molecule has 2 heterocycles. The van der Waals surface area contributed by atoms with Crippen LogP contribution in [0.25, 0.3) is 22.2 Å². The number of para-hydroxylation sites is 1. The van der Waals surface area contributed by atoms with Gasteiger partial charge in [0.2, 0.25) is 0 Å². The number of hydrogen-bond acceptors (Lipinski definition) is 3. The summed E-state index contributed by atoms with van der Waals surface area (Å²) in [4.78, 5) is 8.48. The molecule has 0 aliphatic heterocycles. The maximum absolute atomic E-state index is 13.2. The molecule has 3 aromatic rings. The highest BCUT2D eigenvalue weighted by Crippen LogP contribution is 2.37. The molecule has 1 aromatic carbocycles. The molecule has 0 spiro atoms. The number of rotatable bonds is 2. The first-order valence-corrected chi connectivity index (χ1v) is 7.49. The number of nitrogens with two attached hydrogens (primary N) is 1. The van der Waals surface area contributed by atoms with Crippen molar-refractivity contribution in [2.75, 3.05) is 0 Å². The Morgan fingerprint density at radius 1 is 1.17 bits per heavy atom. The van der Waals surface area contributed by atoms with E-state index in [2.05, 4.69) is 9.97 Å². The van der Waals surface area contributed by atoms with Crippen LogP contribution in [0.2, 0.25) is 5.02 Å². The highest BCUT2D eigenvalue weighted by Gasteiger charge is 2.39. The van der Waals surface area contributed by atoms with Gasteiger partial charge in [0.05, 0.1) is 16.2 Å². The molecule has 7 heteroatoms. The molecule has 0 fully saturated rings. The summed E-state index contributed by atoms with van der Waals surface area (Å²) in [7, 11) is 0. The van der Waals surface area contributed by atoms with E-state index in [1.54, 1.807) is 37.3 Å². The molecule has 0 aliphatic rings. The van der Waals surface area contributed by atoms with Crippen LogP contribution in [0, 0.1) is 6.92 Å². The van der Waals surface area contributed by atoms with Gasteiger partial charge in [-0.25, -0.2) is 4.98 Å². The van der Waals surface area contributed by atoms with Gasteiger partial charge in [0.25, 0.3) is 0 Å². The third-order valence-electron chi connectivity index (χ3n) is 3.70. The van der Waals surface area contributed by atoms with Gasteiger partial charge in [-0.2, -0.15) is 13.2 Å². The molecule has 2 N–H and O–H groups in total. The summed E-state index contributed by atoms with van der Waals surface area (Å²) >= 11 is 6.13. The quantitative estimate of drug-likeness (QED) is 0.720. The van der Waals surface area contributed by atoms with Crippen LogP contribution < -0.4 is 5.73 Å². The Morgan fingerprint density at radius 2 is 1.92 bits per heavy atom. The maximum atomic E-state index is 13.2. The third-order valence-corrected chi connectivity index (χ3v) is 4.00.